The molecular formula is C16H23NO4. The first-order valence-electron chi connectivity index (χ1n) is 7.88. The summed E-state index contributed by atoms with van der Waals surface area (Å²) in [6, 6.07) is 2.15. The summed E-state index contributed by atoms with van der Waals surface area (Å²) in [6.07, 6.45) is 6.73. The number of morpholine rings is 1. The zero-order chi connectivity index (χ0) is 14.7. The molecule has 21 heavy (non-hydrogen) atoms. The molecule has 0 bridgehead atoms. The summed E-state index contributed by atoms with van der Waals surface area (Å²) in [4.78, 5) is 14.3. The van der Waals surface area contributed by atoms with Crippen molar-refractivity contribution in [2.24, 2.45) is 0 Å². The van der Waals surface area contributed by atoms with Crippen LogP contribution < -0.4 is 0 Å². The van der Waals surface area contributed by atoms with Crippen LogP contribution in [-0.4, -0.2) is 42.8 Å². The van der Waals surface area contributed by atoms with Crippen LogP contribution in [0.2, 0.25) is 0 Å². The van der Waals surface area contributed by atoms with E-state index in [1.165, 1.54) is 19.3 Å². The Morgan fingerprint density at radius 1 is 1.43 bits per heavy atom. The number of ether oxygens (including phenoxy) is 2. The first kappa shape index (κ1) is 14.6. The van der Waals surface area contributed by atoms with Crippen LogP contribution >= 0.6 is 0 Å². The molecule has 2 atom stereocenters. The SMILES string of the molecule is CCOC(=O)c1ccoc1CN1CCO[C@H]2CCCC[C@@H]21. The van der Waals surface area contributed by atoms with Gasteiger partial charge in [-0.3, -0.25) is 4.90 Å². The van der Waals surface area contributed by atoms with Gasteiger partial charge in [-0.25, -0.2) is 4.79 Å². The summed E-state index contributed by atoms with van der Waals surface area (Å²) >= 11 is 0. The second-order valence-electron chi connectivity index (χ2n) is 5.71. The maximum atomic E-state index is 11.9. The van der Waals surface area contributed by atoms with E-state index < -0.39 is 0 Å². The first-order valence-corrected chi connectivity index (χ1v) is 7.88. The Balaban J connectivity index is 1.71. The van der Waals surface area contributed by atoms with Crippen LogP contribution in [0.3, 0.4) is 0 Å². The highest BCUT2D eigenvalue weighted by atomic mass is 16.5. The van der Waals surface area contributed by atoms with E-state index in [1.807, 2.05) is 6.92 Å². The molecule has 0 aromatic carbocycles. The third-order valence-corrected chi connectivity index (χ3v) is 4.43. The number of hydrogen-bond donors (Lipinski definition) is 0. The summed E-state index contributed by atoms with van der Waals surface area (Å²) in [5, 5.41) is 0. The Kier molecular flexibility index (Phi) is 4.60. The topological polar surface area (TPSA) is 51.9 Å². The van der Waals surface area contributed by atoms with Crippen LogP contribution in [0, 0.1) is 0 Å². The van der Waals surface area contributed by atoms with Crippen LogP contribution in [0.25, 0.3) is 0 Å². The smallest absolute Gasteiger partial charge is 0.341 e. The van der Waals surface area contributed by atoms with Crippen molar-refractivity contribution in [2.75, 3.05) is 19.8 Å². The standard InChI is InChI=1S/C16H23NO4/c1-2-19-16(18)12-7-9-20-15(12)11-17-8-10-21-14-6-4-3-5-13(14)17/h7,9,13-14H,2-6,8,10-11H2,1H3/t13-,14-/m0/s1. The lowest BCUT2D eigenvalue weighted by Gasteiger charge is -2.43. The number of rotatable bonds is 4. The molecular weight excluding hydrogens is 270 g/mol. The average Bonchev–Trinajstić information content (AvgIpc) is 2.96. The van der Waals surface area contributed by atoms with Crippen molar-refractivity contribution in [1.29, 1.82) is 0 Å². The lowest BCUT2D eigenvalue weighted by Crippen LogP contribution is -2.52. The number of furan rings is 1. The van der Waals surface area contributed by atoms with Gasteiger partial charge in [0, 0.05) is 12.6 Å². The zero-order valence-corrected chi connectivity index (χ0v) is 12.5. The van der Waals surface area contributed by atoms with Gasteiger partial charge in [0.1, 0.15) is 11.3 Å². The van der Waals surface area contributed by atoms with E-state index in [0.29, 0.717) is 36.6 Å². The molecule has 1 saturated heterocycles. The molecule has 1 aliphatic heterocycles. The summed E-state index contributed by atoms with van der Waals surface area (Å²) in [7, 11) is 0. The number of carbonyl (C=O) groups is 1. The highest BCUT2D eigenvalue weighted by molar-refractivity contribution is 5.90. The van der Waals surface area contributed by atoms with Gasteiger partial charge >= 0.3 is 5.97 Å². The van der Waals surface area contributed by atoms with Crippen molar-refractivity contribution in [1.82, 2.24) is 4.90 Å². The molecule has 2 heterocycles. The molecule has 5 nitrogen and oxygen atoms in total. The quantitative estimate of drug-likeness (QED) is 0.799. The van der Waals surface area contributed by atoms with Crippen LogP contribution in [0.4, 0.5) is 0 Å². The van der Waals surface area contributed by atoms with E-state index in [9.17, 15) is 4.79 Å². The predicted molar refractivity (Wildman–Crippen MR) is 77.1 cm³/mol. The second kappa shape index (κ2) is 6.62. The third-order valence-electron chi connectivity index (χ3n) is 4.43. The molecule has 0 spiro atoms. The van der Waals surface area contributed by atoms with E-state index in [1.54, 1.807) is 12.3 Å². The van der Waals surface area contributed by atoms with Crippen molar-refractivity contribution < 1.29 is 18.7 Å². The summed E-state index contributed by atoms with van der Waals surface area (Å²) < 4.78 is 16.5. The maximum Gasteiger partial charge on any atom is 0.341 e. The van der Waals surface area contributed by atoms with Crippen molar-refractivity contribution in [3.63, 3.8) is 0 Å². The van der Waals surface area contributed by atoms with E-state index in [4.69, 9.17) is 13.9 Å². The van der Waals surface area contributed by atoms with Crippen molar-refractivity contribution in [2.45, 2.75) is 51.3 Å². The Hall–Kier alpha value is -1.33. The maximum absolute atomic E-state index is 11.9. The molecule has 2 fully saturated rings. The monoisotopic (exact) mass is 293 g/mol. The lowest BCUT2D eigenvalue weighted by atomic mass is 9.90. The highest BCUT2D eigenvalue weighted by Crippen LogP contribution is 2.30. The predicted octanol–water partition coefficient (Wildman–Crippen LogP) is 2.60. The van der Waals surface area contributed by atoms with Gasteiger partial charge in [-0.2, -0.15) is 0 Å². The molecule has 1 aliphatic carbocycles. The minimum atomic E-state index is -0.297. The molecule has 0 radical (unpaired) electrons. The van der Waals surface area contributed by atoms with Gasteiger partial charge in [0.15, 0.2) is 0 Å². The number of fused-ring (bicyclic) bond motifs is 1. The van der Waals surface area contributed by atoms with Gasteiger partial charge < -0.3 is 13.9 Å². The van der Waals surface area contributed by atoms with E-state index in [0.717, 1.165) is 19.6 Å². The fourth-order valence-electron chi connectivity index (χ4n) is 3.41. The molecule has 2 aliphatic rings. The molecule has 1 saturated carbocycles. The van der Waals surface area contributed by atoms with Gasteiger partial charge in [-0.05, 0) is 25.8 Å². The van der Waals surface area contributed by atoms with Crippen LogP contribution in [0.5, 0.6) is 0 Å². The molecule has 0 unspecified atom stereocenters. The molecule has 1 aromatic rings. The summed E-state index contributed by atoms with van der Waals surface area (Å²) in [6.45, 7) is 4.50. The highest BCUT2D eigenvalue weighted by Gasteiger charge is 2.35. The number of carbonyl (C=O) groups excluding carboxylic acids is 1. The number of hydrogen-bond acceptors (Lipinski definition) is 5. The van der Waals surface area contributed by atoms with Crippen LogP contribution in [0.1, 0.15) is 48.7 Å². The largest absolute Gasteiger partial charge is 0.467 e. The van der Waals surface area contributed by atoms with Crippen LogP contribution in [-0.2, 0) is 16.0 Å². The normalized spacial score (nSPS) is 26.3. The molecule has 0 amide bonds. The average molecular weight is 293 g/mol. The number of esters is 1. The van der Waals surface area contributed by atoms with E-state index in [2.05, 4.69) is 4.90 Å². The van der Waals surface area contributed by atoms with E-state index in [-0.39, 0.29) is 5.97 Å². The fourth-order valence-corrected chi connectivity index (χ4v) is 3.41. The minimum absolute atomic E-state index is 0.297. The van der Waals surface area contributed by atoms with Gasteiger partial charge in [0.25, 0.3) is 0 Å². The summed E-state index contributed by atoms with van der Waals surface area (Å²) in [5.41, 5.74) is 0.552. The Morgan fingerprint density at radius 3 is 3.14 bits per heavy atom. The van der Waals surface area contributed by atoms with Crippen LogP contribution in [0.15, 0.2) is 16.7 Å². The van der Waals surface area contributed by atoms with Crippen molar-refractivity contribution in [3.05, 3.63) is 23.7 Å². The fraction of sp³-hybridized carbons (Fsp3) is 0.688. The Morgan fingerprint density at radius 2 is 2.29 bits per heavy atom. The third kappa shape index (κ3) is 3.14. The minimum Gasteiger partial charge on any atom is -0.467 e. The second-order valence-corrected chi connectivity index (χ2v) is 5.71. The van der Waals surface area contributed by atoms with Gasteiger partial charge in [0.05, 0.1) is 32.1 Å². The molecule has 0 N–H and O–H groups in total. The van der Waals surface area contributed by atoms with E-state index >= 15 is 0 Å². The Bertz CT molecular complexity index is 482. The van der Waals surface area contributed by atoms with Gasteiger partial charge in [-0.1, -0.05) is 12.8 Å². The molecule has 1 aromatic heterocycles. The van der Waals surface area contributed by atoms with Crippen molar-refractivity contribution in [3.8, 4) is 0 Å². The molecule has 5 heteroatoms. The zero-order valence-electron chi connectivity index (χ0n) is 12.5. The van der Waals surface area contributed by atoms with Gasteiger partial charge in [0.2, 0.25) is 0 Å². The first-order chi connectivity index (χ1) is 10.3. The number of nitrogens with zero attached hydrogens (tertiary/aromatic N) is 1. The molecule has 116 valence electrons. The van der Waals surface area contributed by atoms with Crippen molar-refractivity contribution >= 4 is 5.97 Å². The Labute approximate surface area is 125 Å². The summed E-state index contributed by atoms with van der Waals surface area (Å²) in [5.74, 6) is 0.411. The lowest BCUT2D eigenvalue weighted by molar-refractivity contribution is -0.0927. The van der Waals surface area contributed by atoms with Gasteiger partial charge in [-0.15, -0.1) is 0 Å². The molecule has 3 rings (SSSR count).